The standard InChI is InChI=1S/C23H19N/c1-17-8-2-3-11-20(17)15-24-16-23-21-12-6-4-9-18(21)14-19-10-5-7-13-22(19)23/h2-15H,16H2,1H3. The van der Waals surface area contributed by atoms with Crippen LogP contribution in [-0.4, -0.2) is 6.21 Å². The van der Waals surface area contributed by atoms with Gasteiger partial charge in [-0.1, -0.05) is 72.8 Å². The Hall–Kier alpha value is -2.93. The number of benzene rings is 4. The predicted octanol–water partition coefficient (Wildman–Crippen LogP) is 5.92. The van der Waals surface area contributed by atoms with E-state index >= 15 is 0 Å². The summed E-state index contributed by atoms with van der Waals surface area (Å²) < 4.78 is 0. The summed E-state index contributed by atoms with van der Waals surface area (Å²) in [7, 11) is 0. The molecule has 0 aliphatic heterocycles. The maximum Gasteiger partial charge on any atom is 0.0652 e. The van der Waals surface area contributed by atoms with E-state index in [0.29, 0.717) is 6.54 Å². The summed E-state index contributed by atoms with van der Waals surface area (Å²) in [5.41, 5.74) is 3.74. The Bertz CT molecular complexity index is 990. The summed E-state index contributed by atoms with van der Waals surface area (Å²) in [6.07, 6.45) is 1.99. The fraction of sp³-hybridized carbons (Fsp3) is 0.0870. The van der Waals surface area contributed by atoms with Gasteiger partial charge in [0.25, 0.3) is 0 Å². The van der Waals surface area contributed by atoms with Gasteiger partial charge in [-0.2, -0.15) is 0 Å². The molecular formula is C23H19N. The van der Waals surface area contributed by atoms with E-state index in [9.17, 15) is 0 Å². The lowest BCUT2D eigenvalue weighted by Gasteiger charge is -2.09. The minimum absolute atomic E-state index is 0.691. The van der Waals surface area contributed by atoms with Crippen LogP contribution in [0.3, 0.4) is 0 Å². The van der Waals surface area contributed by atoms with E-state index in [1.165, 1.54) is 38.2 Å². The van der Waals surface area contributed by atoms with Crippen molar-refractivity contribution in [3.8, 4) is 0 Å². The van der Waals surface area contributed by atoms with Gasteiger partial charge in [0.1, 0.15) is 0 Å². The topological polar surface area (TPSA) is 12.4 Å². The van der Waals surface area contributed by atoms with Crippen molar-refractivity contribution >= 4 is 27.8 Å². The quantitative estimate of drug-likeness (QED) is 0.329. The highest BCUT2D eigenvalue weighted by Crippen LogP contribution is 2.29. The molecule has 0 N–H and O–H groups in total. The Labute approximate surface area is 142 Å². The van der Waals surface area contributed by atoms with E-state index in [1.54, 1.807) is 0 Å². The van der Waals surface area contributed by atoms with Crippen LogP contribution in [-0.2, 0) is 6.54 Å². The van der Waals surface area contributed by atoms with Crippen LogP contribution in [0.4, 0.5) is 0 Å². The number of aliphatic imine (C=N–C) groups is 1. The third kappa shape index (κ3) is 2.69. The van der Waals surface area contributed by atoms with Gasteiger partial charge < -0.3 is 0 Å². The molecule has 0 saturated carbocycles. The minimum atomic E-state index is 0.691. The molecule has 0 heterocycles. The van der Waals surface area contributed by atoms with Gasteiger partial charge in [0.2, 0.25) is 0 Å². The van der Waals surface area contributed by atoms with Crippen molar-refractivity contribution in [2.75, 3.05) is 0 Å². The van der Waals surface area contributed by atoms with Gasteiger partial charge >= 0.3 is 0 Å². The molecule has 1 heteroatoms. The highest BCUT2D eigenvalue weighted by Gasteiger charge is 2.06. The van der Waals surface area contributed by atoms with E-state index in [0.717, 1.165) is 0 Å². The lowest BCUT2D eigenvalue weighted by Crippen LogP contribution is -1.91. The second kappa shape index (κ2) is 6.29. The Balaban J connectivity index is 1.81. The highest BCUT2D eigenvalue weighted by molar-refractivity contribution is 6.02. The van der Waals surface area contributed by atoms with Gasteiger partial charge in [0, 0.05) is 6.21 Å². The highest BCUT2D eigenvalue weighted by atomic mass is 14.7. The Morgan fingerprint density at radius 2 is 1.33 bits per heavy atom. The molecule has 24 heavy (non-hydrogen) atoms. The molecule has 0 fully saturated rings. The lowest BCUT2D eigenvalue weighted by molar-refractivity contribution is 1.10. The molecule has 0 radical (unpaired) electrons. The number of aryl methyl sites for hydroxylation is 1. The van der Waals surface area contributed by atoms with E-state index in [-0.39, 0.29) is 0 Å². The van der Waals surface area contributed by atoms with E-state index in [2.05, 4.69) is 85.8 Å². The predicted molar refractivity (Wildman–Crippen MR) is 104 cm³/mol. The maximum atomic E-state index is 4.75. The summed E-state index contributed by atoms with van der Waals surface area (Å²) in [6, 6.07) is 27.8. The van der Waals surface area contributed by atoms with Gasteiger partial charge in [-0.05, 0) is 51.2 Å². The number of rotatable bonds is 3. The zero-order valence-corrected chi connectivity index (χ0v) is 13.7. The normalized spacial score (nSPS) is 11.5. The van der Waals surface area contributed by atoms with Crippen LogP contribution in [0.1, 0.15) is 16.7 Å². The van der Waals surface area contributed by atoms with Gasteiger partial charge in [0.15, 0.2) is 0 Å². The summed E-state index contributed by atoms with van der Waals surface area (Å²) >= 11 is 0. The molecule has 0 unspecified atom stereocenters. The third-order valence-electron chi connectivity index (χ3n) is 4.55. The van der Waals surface area contributed by atoms with Gasteiger partial charge in [-0.3, -0.25) is 4.99 Å². The molecule has 4 aromatic rings. The molecule has 0 amide bonds. The van der Waals surface area contributed by atoms with Crippen molar-refractivity contribution in [1.29, 1.82) is 0 Å². The molecule has 116 valence electrons. The molecule has 1 nitrogen and oxygen atoms in total. The monoisotopic (exact) mass is 309 g/mol. The largest absolute Gasteiger partial charge is 0.288 e. The van der Waals surface area contributed by atoms with Crippen LogP contribution in [0.25, 0.3) is 21.5 Å². The van der Waals surface area contributed by atoms with Crippen molar-refractivity contribution in [2.45, 2.75) is 13.5 Å². The van der Waals surface area contributed by atoms with E-state index < -0.39 is 0 Å². The first kappa shape index (κ1) is 14.6. The van der Waals surface area contributed by atoms with Crippen LogP contribution in [0.2, 0.25) is 0 Å². The van der Waals surface area contributed by atoms with Crippen molar-refractivity contribution in [3.63, 3.8) is 0 Å². The summed E-state index contributed by atoms with van der Waals surface area (Å²) in [5.74, 6) is 0. The Morgan fingerprint density at radius 1 is 0.750 bits per heavy atom. The van der Waals surface area contributed by atoms with Crippen molar-refractivity contribution in [2.24, 2.45) is 4.99 Å². The molecule has 0 bridgehead atoms. The first-order valence-corrected chi connectivity index (χ1v) is 8.28. The molecule has 0 spiro atoms. The molecule has 4 aromatic carbocycles. The Morgan fingerprint density at radius 3 is 2.00 bits per heavy atom. The smallest absolute Gasteiger partial charge is 0.0652 e. The fourth-order valence-electron chi connectivity index (χ4n) is 3.25. The lowest BCUT2D eigenvalue weighted by atomic mass is 9.97. The molecule has 0 saturated heterocycles. The van der Waals surface area contributed by atoms with Gasteiger partial charge in [0.05, 0.1) is 6.54 Å². The second-order valence-corrected chi connectivity index (χ2v) is 6.12. The van der Waals surface area contributed by atoms with Crippen LogP contribution < -0.4 is 0 Å². The average molecular weight is 309 g/mol. The zero-order chi connectivity index (χ0) is 16.4. The molecule has 0 aliphatic rings. The molecule has 0 aromatic heterocycles. The molecule has 0 aliphatic carbocycles. The fourth-order valence-corrected chi connectivity index (χ4v) is 3.25. The molecular weight excluding hydrogens is 290 g/mol. The number of nitrogens with zero attached hydrogens (tertiary/aromatic N) is 1. The van der Waals surface area contributed by atoms with E-state index in [1.807, 2.05) is 6.21 Å². The van der Waals surface area contributed by atoms with Crippen LogP contribution in [0, 0.1) is 6.92 Å². The minimum Gasteiger partial charge on any atom is -0.288 e. The van der Waals surface area contributed by atoms with Crippen molar-refractivity contribution in [3.05, 3.63) is 95.6 Å². The number of hydrogen-bond acceptors (Lipinski definition) is 1. The Kier molecular flexibility index (Phi) is 3.84. The first-order valence-electron chi connectivity index (χ1n) is 8.28. The average Bonchev–Trinajstić information content (AvgIpc) is 2.62. The third-order valence-corrected chi connectivity index (χ3v) is 4.55. The summed E-state index contributed by atoms with van der Waals surface area (Å²) in [6.45, 7) is 2.81. The molecule has 4 rings (SSSR count). The summed E-state index contributed by atoms with van der Waals surface area (Å²) in [4.78, 5) is 4.75. The van der Waals surface area contributed by atoms with Crippen LogP contribution in [0.15, 0.2) is 83.9 Å². The zero-order valence-electron chi connectivity index (χ0n) is 13.7. The van der Waals surface area contributed by atoms with Gasteiger partial charge in [-0.25, -0.2) is 0 Å². The van der Waals surface area contributed by atoms with Gasteiger partial charge in [-0.15, -0.1) is 0 Å². The number of fused-ring (bicyclic) bond motifs is 2. The number of hydrogen-bond donors (Lipinski definition) is 0. The second-order valence-electron chi connectivity index (χ2n) is 6.12. The molecule has 0 atom stereocenters. The van der Waals surface area contributed by atoms with Crippen LogP contribution in [0.5, 0.6) is 0 Å². The van der Waals surface area contributed by atoms with E-state index in [4.69, 9.17) is 4.99 Å². The van der Waals surface area contributed by atoms with Crippen molar-refractivity contribution < 1.29 is 0 Å². The van der Waals surface area contributed by atoms with Crippen LogP contribution >= 0.6 is 0 Å². The SMILES string of the molecule is Cc1ccccc1C=NCc1c2ccccc2cc2ccccc12. The van der Waals surface area contributed by atoms with Crippen molar-refractivity contribution in [1.82, 2.24) is 0 Å². The summed E-state index contributed by atoms with van der Waals surface area (Å²) in [5, 5.41) is 5.13. The first-order chi connectivity index (χ1) is 11.8. The maximum absolute atomic E-state index is 4.75.